The molecule has 0 fully saturated rings. The fourth-order valence-electron chi connectivity index (χ4n) is 1.61. The number of aromatic nitrogens is 1. The van der Waals surface area contributed by atoms with Crippen LogP contribution in [0.15, 0.2) is 23.3 Å². The third-order valence-electron chi connectivity index (χ3n) is 2.51. The van der Waals surface area contributed by atoms with Gasteiger partial charge in [-0.15, -0.1) is 0 Å². The third kappa shape index (κ3) is 5.19. The van der Waals surface area contributed by atoms with Crippen molar-refractivity contribution in [3.05, 3.63) is 38.8 Å². The minimum absolute atomic E-state index is 0.201. The Morgan fingerprint density at radius 3 is 2.74 bits per heavy atom. The molecule has 0 saturated heterocycles. The van der Waals surface area contributed by atoms with Gasteiger partial charge in [0.05, 0.1) is 17.2 Å². The molecule has 7 nitrogen and oxygen atoms in total. The fourth-order valence-corrected chi connectivity index (χ4v) is 1.61. The van der Waals surface area contributed by atoms with E-state index in [1.807, 2.05) is 0 Å². The van der Waals surface area contributed by atoms with E-state index in [0.717, 1.165) is 18.8 Å². The molecule has 0 amide bonds. The monoisotopic (exact) mass is 269 g/mol. The number of rotatable bonds is 7. The molecule has 1 aromatic rings. The summed E-state index contributed by atoms with van der Waals surface area (Å²) < 4.78 is 1.45. The van der Waals surface area contributed by atoms with Gasteiger partial charge in [0.15, 0.2) is 0 Å². The smallest absolute Gasteiger partial charge is 0.332 e. The standard InChI is InChI=1S/C12H19N3O4/c1-9(2)5-13-6-10(16)7-14-4-3-12(17)11(8-14)15(18)19/h3-4,8-10,13,16H,5-7H2,1-2H3. The lowest BCUT2D eigenvalue weighted by Gasteiger charge is -2.14. The SMILES string of the molecule is CC(C)CNCC(O)Cn1ccc(=O)c([N+](=O)[O-])c1. The Morgan fingerprint density at radius 2 is 2.16 bits per heavy atom. The van der Waals surface area contributed by atoms with E-state index < -0.39 is 22.1 Å². The molecular formula is C12H19N3O4. The van der Waals surface area contributed by atoms with Crippen LogP contribution in [0.1, 0.15) is 13.8 Å². The Morgan fingerprint density at radius 1 is 1.47 bits per heavy atom. The Kier molecular flexibility index (Phi) is 5.65. The predicted octanol–water partition coefficient (Wildman–Crippen LogP) is 0.363. The summed E-state index contributed by atoms with van der Waals surface area (Å²) in [4.78, 5) is 21.1. The van der Waals surface area contributed by atoms with Crippen LogP contribution in [0.3, 0.4) is 0 Å². The second kappa shape index (κ2) is 7.01. The number of nitro groups is 1. The van der Waals surface area contributed by atoms with Gasteiger partial charge in [0, 0.05) is 25.4 Å². The van der Waals surface area contributed by atoms with Crippen molar-refractivity contribution in [2.45, 2.75) is 26.5 Å². The van der Waals surface area contributed by atoms with Crippen molar-refractivity contribution in [2.75, 3.05) is 13.1 Å². The van der Waals surface area contributed by atoms with Gasteiger partial charge in [0.1, 0.15) is 0 Å². The highest BCUT2D eigenvalue weighted by Gasteiger charge is 2.13. The summed E-state index contributed by atoms with van der Waals surface area (Å²) in [6.07, 6.45) is 1.91. The van der Waals surface area contributed by atoms with Gasteiger partial charge in [0.2, 0.25) is 0 Å². The van der Waals surface area contributed by atoms with Crippen LogP contribution in [0.2, 0.25) is 0 Å². The van der Waals surface area contributed by atoms with Crippen molar-refractivity contribution in [1.29, 1.82) is 0 Å². The van der Waals surface area contributed by atoms with Crippen LogP contribution in [0.5, 0.6) is 0 Å². The molecule has 0 spiro atoms. The topological polar surface area (TPSA) is 97.4 Å². The van der Waals surface area contributed by atoms with Gasteiger partial charge < -0.3 is 15.0 Å². The van der Waals surface area contributed by atoms with Gasteiger partial charge in [0.25, 0.3) is 5.43 Å². The van der Waals surface area contributed by atoms with Crippen LogP contribution in [0.25, 0.3) is 0 Å². The first kappa shape index (κ1) is 15.3. The molecule has 1 atom stereocenters. The summed E-state index contributed by atoms with van der Waals surface area (Å²) in [6, 6.07) is 1.13. The van der Waals surface area contributed by atoms with Crippen molar-refractivity contribution in [1.82, 2.24) is 9.88 Å². The average Bonchev–Trinajstić information content (AvgIpc) is 2.30. The highest BCUT2D eigenvalue weighted by Crippen LogP contribution is 2.03. The molecule has 1 aromatic heterocycles. The zero-order valence-corrected chi connectivity index (χ0v) is 11.1. The summed E-state index contributed by atoms with van der Waals surface area (Å²) in [5.41, 5.74) is -1.11. The Balaban J connectivity index is 2.59. The highest BCUT2D eigenvalue weighted by atomic mass is 16.6. The van der Waals surface area contributed by atoms with E-state index in [2.05, 4.69) is 19.2 Å². The normalized spacial score (nSPS) is 12.6. The largest absolute Gasteiger partial charge is 0.390 e. The Labute approximate surface area is 111 Å². The summed E-state index contributed by atoms with van der Waals surface area (Å²) in [6.45, 7) is 5.51. The van der Waals surface area contributed by atoms with Crippen molar-refractivity contribution in [3.8, 4) is 0 Å². The first-order valence-electron chi connectivity index (χ1n) is 6.13. The maximum absolute atomic E-state index is 11.2. The Hall–Kier alpha value is -1.73. The first-order valence-corrected chi connectivity index (χ1v) is 6.13. The molecule has 1 rings (SSSR count). The van der Waals surface area contributed by atoms with Crippen molar-refractivity contribution in [2.24, 2.45) is 5.92 Å². The van der Waals surface area contributed by atoms with Gasteiger partial charge in [-0.1, -0.05) is 13.8 Å². The maximum Gasteiger partial charge on any atom is 0.332 e. The number of pyridine rings is 1. The van der Waals surface area contributed by atoms with Crippen LogP contribution >= 0.6 is 0 Å². The molecule has 0 bridgehead atoms. The van der Waals surface area contributed by atoms with E-state index in [4.69, 9.17) is 0 Å². The number of nitrogens with one attached hydrogen (secondary N) is 1. The van der Waals surface area contributed by atoms with Crippen LogP contribution in [0, 0.1) is 16.0 Å². The second-order valence-corrected chi connectivity index (χ2v) is 4.85. The summed E-state index contributed by atoms with van der Waals surface area (Å²) in [5.74, 6) is 0.487. The lowest BCUT2D eigenvalue weighted by molar-refractivity contribution is -0.386. The number of hydrogen-bond donors (Lipinski definition) is 2. The molecule has 1 unspecified atom stereocenters. The van der Waals surface area contributed by atoms with Crippen LogP contribution in [-0.2, 0) is 6.54 Å². The molecule has 0 aliphatic rings. The second-order valence-electron chi connectivity index (χ2n) is 4.85. The third-order valence-corrected chi connectivity index (χ3v) is 2.51. The van der Waals surface area contributed by atoms with E-state index in [1.54, 1.807) is 0 Å². The van der Waals surface area contributed by atoms with E-state index in [-0.39, 0.29) is 6.54 Å². The summed E-state index contributed by atoms with van der Waals surface area (Å²) in [5, 5.41) is 23.5. The number of hydrogen-bond acceptors (Lipinski definition) is 5. The van der Waals surface area contributed by atoms with Crippen LogP contribution < -0.4 is 10.7 Å². The molecular weight excluding hydrogens is 250 g/mol. The quantitative estimate of drug-likeness (QED) is 0.550. The molecule has 19 heavy (non-hydrogen) atoms. The number of nitrogens with zero attached hydrogens (tertiary/aromatic N) is 2. The van der Waals surface area contributed by atoms with Crippen molar-refractivity contribution < 1.29 is 10.0 Å². The molecule has 0 saturated carbocycles. The minimum atomic E-state index is -0.720. The number of aliphatic hydroxyl groups is 1. The Bertz CT molecular complexity index is 484. The van der Waals surface area contributed by atoms with Gasteiger partial charge in [-0.2, -0.15) is 0 Å². The average molecular weight is 269 g/mol. The van der Waals surface area contributed by atoms with E-state index in [1.165, 1.54) is 10.8 Å². The fraction of sp³-hybridized carbons (Fsp3) is 0.583. The van der Waals surface area contributed by atoms with Gasteiger partial charge >= 0.3 is 5.69 Å². The maximum atomic E-state index is 11.2. The van der Waals surface area contributed by atoms with E-state index in [9.17, 15) is 20.0 Å². The van der Waals surface area contributed by atoms with Gasteiger partial charge in [-0.05, 0) is 12.5 Å². The molecule has 0 aliphatic heterocycles. The molecule has 0 radical (unpaired) electrons. The lowest BCUT2D eigenvalue weighted by Crippen LogP contribution is -2.32. The van der Waals surface area contributed by atoms with Crippen molar-refractivity contribution >= 4 is 5.69 Å². The summed E-state index contributed by atoms with van der Waals surface area (Å²) in [7, 11) is 0. The molecule has 1 heterocycles. The minimum Gasteiger partial charge on any atom is -0.390 e. The first-order chi connectivity index (χ1) is 8.90. The molecule has 2 N–H and O–H groups in total. The zero-order valence-electron chi connectivity index (χ0n) is 11.1. The molecule has 0 aliphatic carbocycles. The van der Waals surface area contributed by atoms with Crippen LogP contribution in [0.4, 0.5) is 5.69 Å². The van der Waals surface area contributed by atoms with E-state index >= 15 is 0 Å². The molecule has 106 valence electrons. The molecule has 7 heteroatoms. The van der Waals surface area contributed by atoms with Crippen LogP contribution in [-0.4, -0.2) is 33.8 Å². The predicted molar refractivity (Wildman–Crippen MR) is 71.1 cm³/mol. The highest BCUT2D eigenvalue weighted by molar-refractivity contribution is 5.25. The number of aliphatic hydroxyl groups excluding tert-OH is 1. The van der Waals surface area contributed by atoms with E-state index in [0.29, 0.717) is 12.5 Å². The zero-order chi connectivity index (χ0) is 14.4. The van der Waals surface area contributed by atoms with Gasteiger partial charge in [-0.3, -0.25) is 14.9 Å². The van der Waals surface area contributed by atoms with Crippen molar-refractivity contribution in [3.63, 3.8) is 0 Å². The summed E-state index contributed by atoms with van der Waals surface area (Å²) >= 11 is 0. The lowest BCUT2D eigenvalue weighted by atomic mass is 10.2. The van der Waals surface area contributed by atoms with Gasteiger partial charge in [-0.25, -0.2) is 0 Å². The molecule has 0 aromatic carbocycles.